The lowest BCUT2D eigenvalue weighted by Gasteiger charge is -2.03. The average molecular weight is 331 g/mol. The number of benzene rings is 1. The van der Waals surface area contributed by atoms with Crippen LogP contribution in [-0.4, -0.2) is 15.5 Å². The summed E-state index contributed by atoms with van der Waals surface area (Å²) in [5.74, 6) is -0.454. The Bertz CT molecular complexity index is 916. The summed E-state index contributed by atoms with van der Waals surface area (Å²) in [6, 6.07) is 5.51. The van der Waals surface area contributed by atoms with E-state index in [0.717, 1.165) is 21.7 Å². The third kappa shape index (κ3) is 3.19. The first kappa shape index (κ1) is 15.5. The number of hydrogen-bond donors (Lipinski definition) is 1. The molecule has 0 aliphatic carbocycles. The van der Waals surface area contributed by atoms with Crippen LogP contribution >= 0.6 is 11.3 Å². The molecule has 1 N–H and O–H groups in total. The molecule has 7 heteroatoms. The summed E-state index contributed by atoms with van der Waals surface area (Å²) in [6.45, 7) is 3.90. The van der Waals surface area contributed by atoms with Gasteiger partial charge in [0.15, 0.2) is 10.7 Å². The number of thiazole rings is 1. The van der Waals surface area contributed by atoms with Gasteiger partial charge in [0.05, 0.1) is 11.2 Å². The van der Waals surface area contributed by atoms with Gasteiger partial charge in [-0.1, -0.05) is 6.07 Å². The zero-order valence-electron chi connectivity index (χ0n) is 13.2. The van der Waals surface area contributed by atoms with Crippen molar-refractivity contribution < 1.29 is 9.21 Å². The van der Waals surface area contributed by atoms with Crippen LogP contribution in [0.1, 0.15) is 22.6 Å². The molecule has 6 nitrogen and oxygen atoms in total. The van der Waals surface area contributed by atoms with Gasteiger partial charge in [-0.25, -0.2) is 9.78 Å². The lowest BCUT2D eigenvalue weighted by molar-refractivity contribution is -0.116. The number of fused-ring (bicyclic) bond motifs is 1. The van der Waals surface area contributed by atoms with E-state index in [4.69, 9.17) is 4.42 Å². The van der Waals surface area contributed by atoms with E-state index in [-0.39, 0.29) is 11.7 Å². The molecule has 0 atom stereocenters. The minimum Gasteiger partial charge on any atom is -0.408 e. The Morgan fingerprint density at radius 3 is 2.87 bits per heavy atom. The van der Waals surface area contributed by atoms with E-state index in [1.54, 1.807) is 13.1 Å². The Hall–Kier alpha value is -2.41. The largest absolute Gasteiger partial charge is 0.419 e. The van der Waals surface area contributed by atoms with Gasteiger partial charge >= 0.3 is 5.76 Å². The molecular weight excluding hydrogens is 314 g/mol. The third-order valence-electron chi connectivity index (χ3n) is 3.77. The number of anilines is 1. The van der Waals surface area contributed by atoms with Crippen molar-refractivity contribution in [3.8, 4) is 0 Å². The van der Waals surface area contributed by atoms with Crippen LogP contribution in [0.15, 0.2) is 27.4 Å². The quantitative estimate of drug-likeness (QED) is 0.797. The molecule has 3 rings (SSSR count). The zero-order chi connectivity index (χ0) is 16.6. The first-order valence-corrected chi connectivity index (χ1v) is 8.08. The molecule has 0 saturated carbocycles. The molecule has 0 aliphatic rings. The van der Waals surface area contributed by atoms with Gasteiger partial charge in [0.2, 0.25) is 5.91 Å². The molecule has 0 aliphatic heterocycles. The third-order valence-corrected chi connectivity index (χ3v) is 4.76. The van der Waals surface area contributed by atoms with Gasteiger partial charge in [-0.15, -0.1) is 11.3 Å². The van der Waals surface area contributed by atoms with Crippen molar-refractivity contribution in [2.24, 2.45) is 7.05 Å². The molecule has 3 aromatic rings. The summed E-state index contributed by atoms with van der Waals surface area (Å²) >= 11 is 1.48. The van der Waals surface area contributed by atoms with Crippen molar-refractivity contribution in [3.63, 3.8) is 0 Å². The molecule has 23 heavy (non-hydrogen) atoms. The number of aryl methyl sites for hydroxylation is 4. The minimum absolute atomic E-state index is 0.0695. The molecule has 0 unspecified atom stereocenters. The van der Waals surface area contributed by atoms with Gasteiger partial charge < -0.3 is 9.73 Å². The molecular formula is C16H17N3O3S. The number of aromatic nitrogens is 2. The van der Waals surface area contributed by atoms with Crippen molar-refractivity contribution >= 4 is 33.5 Å². The van der Waals surface area contributed by atoms with Gasteiger partial charge in [-0.3, -0.25) is 9.36 Å². The topological polar surface area (TPSA) is 77.1 Å². The summed E-state index contributed by atoms with van der Waals surface area (Å²) in [7, 11) is 1.66. The molecule has 2 heterocycles. The molecule has 120 valence electrons. The Morgan fingerprint density at radius 1 is 1.39 bits per heavy atom. The minimum atomic E-state index is -0.385. The van der Waals surface area contributed by atoms with Crippen LogP contribution < -0.4 is 11.1 Å². The first-order chi connectivity index (χ1) is 10.9. The lowest BCUT2D eigenvalue weighted by atomic mass is 10.1. The molecule has 0 saturated heterocycles. The predicted octanol–water partition coefficient (Wildman–Crippen LogP) is 2.78. The molecule has 0 bridgehead atoms. The van der Waals surface area contributed by atoms with Crippen molar-refractivity contribution in [3.05, 3.63) is 44.9 Å². The van der Waals surface area contributed by atoms with Crippen molar-refractivity contribution in [2.45, 2.75) is 26.7 Å². The van der Waals surface area contributed by atoms with Crippen LogP contribution in [0.25, 0.3) is 11.1 Å². The summed E-state index contributed by atoms with van der Waals surface area (Å²) < 4.78 is 6.55. The summed E-state index contributed by atoms with van der Waals surface area (Å²) in [4.78, 5) is 28.9. The summed E-state index contributed by atoms with van der Waals surface area (Å²) in [5.41, 5.74) is 3.21. The highest BCUT2D eigenvalue weighted by atomic mass is 32.1. The number of nitrogens with zero attached hydrogens (tertiary/aromatic N) is 2. The maximum absolute atomic E-state index is 12.0. The Balaban J connectivity index is 1.66. The normalized spacial score (nSPS) is 11.1. The Kier molecular flexibility index (Phi) is 4.04. The zero-order valence-corrected chi connectivity index (χ0v) is 14.0. The fourth-order valence-corrected chi connectivity index (χ4v) is 3.12. The monoisotopic (exact) mass is 331 g/mol. The summed E-state index contributed by atoms with van der Waals surface area (Å²) in [6.07, 6.45) is 0.944. The van der Waals surface area contributed by atoms with E-state index in [9.17, 15) is 9.59 Å². The number of carbonyl (C=O) groups excluding carboxylic acids is 1. The average Bonchev–Trinajstić information content (AvgIpc) is 2.97. The lowest BCUT2D eigenvalue weighted by Crippen LogP contribution is -2.12. The van der Waals surface area contributed by atoms with Crippen LogP contribution in [0, 0.1) is 13.8 Å². The second-order valence-corrected chi connectivity index (χ2v) is 6.64. The fraction of sp³-hybridized carbons (Fsp3) is 0.312. The van der Waals surface area contributed by atoms with Gasteiger partial charge in [-0.05, 0) is 38.0 Å². The van der Waals surface area contributed by atoms with Crippen molar-refractivity contribution in [2.75, 3.05) is 5.32 Å². The maximum atomic E-state index is 12.0. The van der Waals surface area contributed by atoms with Crippen molar-refractivity contribution in [1.29, 1.82) is 0 Å². The Labute approximate surface area is 136 Å². The molecule has 0 spiro atoms. The van der Waals surface area contributed by atoms with Gasteiger partial charge in [0.25, 0.3) is 0 Å². The summed E-state index contributed by atoms with van der Waals surface area (Å²) in [5, 5.41) is 3.46. The highest BCUT2D eigenvalue weighted by molar-refractivity contribution is 7.15. The number of carbonyl (C=O) groups is 1. The fourth-order valence-electron chi connectivity index (χ4n) is 2.29. The van der Waals surface area contributed by atoms with Crippen LogP contribution in [0.2, 0.25) is 0 Å². The van der Waals surface area contributed by atoms with Crippen LogP contribution in [-0.2, 0) is 18.3 Å². The molecule has 0 radical (unpaired) electrons. The molecule has 0 fully saturated rings. The van der Waals surface area contributed by atoms with Gasteiger partial charge in [0, 0.05) is 18.3 Å². The Morgan fingerprint density at radius 2 is 2.17 bits per heavy atom. The number of hydrogen-bond acceptors (Lipinski definition) is 5. The number of rotatable bonds is 4. The van der Waals surface area contributed by atoms with E-state index in [2.05, 4.69) is 10.3 Å². The second kappa shape index (κ2) is 6.00. The highest BCUT2D eigenvalue weighted by Crippen LogP contribution is 2.21. The van der Waals surface area contributed by atoms with E-state index < -0.39 is 0 Å². The standard InChI is InChI=1S/C16H17N3O3S/c1-9-10(2)23-15(17-9)18-14(20)7-5-11-4-6-13-12(8-11)19(3)16(21)22-13/h4,6,8H,5,7H2,1-3H3,(H,17,18,20). The molecule has 2 aromatic heterocycles. The van der Waals surface area contributed by atoms with Crippen molar-refractivity contribution in [1.82, 2.24) is 9.55 Å². The predicted molar refractivity (Wildman–Crippen MR) is 90.0 cm³/mol. The van der Waals surface area contributed by atoms with E-state index in [1.165, 1.54) is 15.9 Å². The SMILES string of the molecule is Cc1nc(NC(=O)CCc2ccc3oc(=O)n(C)c3c2)sc1C. The smallest absolute Gasteiger partial charge is 0.408 e. The molecule has 1 amide bonds. The first-order valence-electron chi connectivity index (χ1n) is 7.26. The van der Waals surface area contributed by atoms with Crippen LogP contribution in [0.4, 0.5) is 5.13 Å². The maximum Gasteiger partial charge on any atom is 0.419 e. The number of oxazole rings is 1. The second-order valence-electron chi connectivity index (χ2n) is 5.44. The van der Waals surface area contributed by atoms with E-state index >= 15 is 0 Å². The van der Waals surface area contributed by atoms with Gasteiger partial charge in [0.1, 0.15) is 0 Å². The molecule has 1 aromatic carbocycles. The number of nitrogens with one attached hydrogen (secondary N) is 1. The van der Waals surface area contributed by atoms with E-state index in [0.29, 0.717) is 23.6 Å². The van der Waals surface area contributed by atoms with Crippen LogP contribution in [0.3, 0.4) is 0 Å². The highest BCUT2D eigenvalue weighted by Gasteiger charge is 2.10. The van der Waals surface area contributed by atoms with Crippen LogP contribution in [0.5, 0.6) is 0 Å². The van der Waals surface area contributed by atoms with E-state index in [1.807, 2.05) is 26.0 Å². The van der Waals surface area contributed by atoms with Gasteiger partial charge in [-0.2, -0.15) is 0 Å². The number of amides is 1.